The van der Waals surface area contributed by atoms with E-state index in [0.717, 1.165) is 23.1 Å². The first-order chi connectivity index (χ1) is 7.34. The highest BCUT2D eigenvalue weighted by atomic mass is 79.9. The van der Waals surface area contributed by atoms with Crippen LogP contribution in [0.3, 0.4) is 0 Å². The topological polar surface area (TPSA) is 30.2 Å². The van der Waals surface area contributed by atoms with Crippen LogP contribution in [0.2, 0.25) is 0 Å². The number of fused-ring (bicyclic) bond motifs is 3. The van der Waals surface area contributed by atoms with Crippen LogP contribution in [0.5, 0.6) is 0 Å². The molecule has 4 heteroatoms. The lowest BCUT2D eigenvalue weighted by atomic mass is 10.2. The fourth-order valence-corrected chi connectivity index (χ4v) is 2.54. The van der Waals surface area contributed by atoms with E-state index >= 15 is 0 Å². The molecule has 0 bridgehead atoms. The molecule has 1 aliphatic carbocycles. The van der Waals surface area contributed by atoms with E-state index in [9.17, 15) is 0 Å². The van der Waals surface area contributed by atoms with Gasteiger partial charge in [-0.05, 0) is 41.6 Å². The zero-order valence-electron chi connectivity index (χ0n) is 8.41. The van der Waals surface area contributed by atoms with Crippen molar-refractivity contribution in [3.05, 3.63) is 28.3 Å². The molecular formula is C11H12BrN3. The molecule has 0 aromatic carbocycles. The van der Waals surface area contributed by atoms with Crippen molar-refractivity contribution in [3.63, 3.8) is 0 Å². The van der Waals surface area contributed by atoms with Gasteiger partial charge in [0.1, 0.15) is 0 Å². The summed E-state index contributed by atoms with van der Waals surface area (Å²) < 4.78 is 3.14. The number of hydrogen-bond donors (Lipinski definition) is 0. The van der Waals surface area contributed by atoms with E-state index in [1.807, 2.05) is 6.20 Å². The van der Waals surface area contributed by atoms with Crippen LogP contribution in [0.25, 0.3) is 5.78 Å². The predicted molar refractivity (Wildman–Crippen MR) is 61.9 cm³/mol. The molecule has 0 fully saturated rings. The van der Waals surface area contributed by atoms with Gasteiger partial charge in [0.2, 0.25) is 5.78 Å². The van der Waals surface area contributed by atoms with Crippen molar-refractivity contribution in [3.8, 4) is 0 Å². The first kappa shape index (κ1) is 9.33. The fraction of sp³-hybridized carbons (Fsp3) is 0.455. The Kier molecular flexibility index (Phi) is 2.24. The Labute approximate surface area is 96.7 Å². The number of hydrogen-bond acceptors (Lipinski definition) is 2. The lowest BCUT2D eigenvalue weighted by molar-refractivity contribution is 0.701. The van der Waals surface area contributed by atoms with Crippen LogP contribution in [-0.4, -0.2) is 14.4 Å². The maximum Gasteiger partial charge on any atom is 0.234 e. The minimum absolute atomic E-state index is 0.838. The third-order valence-electron chi connectivity index (χ3n) is 2.96. The van der Waals surface area contributed by atoms with Crippen molar-refractivity contribution < 1.29 is 0 Å². The summed E-state index contributed by atoms with van der Waals surface area (Å²) in [7, 11) is 0. The van der Waals surface area contributed by atoms with Gasteiger partial charge >= 0.3 is 0 Å². The second-order valence-electron chi connectivity index (χ2n) is 4.01. The van der Waals surface area contributed by atoms with Crippen LogP contribution in [0, 0.1) is 0 Å². The molecule has 0 aliphatic heterocycles. The van der Waals surface area contributed by atoms with Gasteiger partial charge in [0.05, 0.1) is 10.2 Å². The molecule has 2 aromatic heterocycles. The number of aryl methyl sites for hydroxylation is 2. The van der Waals surface area contributed by atoms with Gasteiger partial charge in [-0.3, -0.25) is 4.40 Å². The summed E-state index contributed by atoms with van der Waals surface area (Å²) in [6.07, 6.45) is 9.97. The van der Waals surface area contributed by atoms with E-state index in [4.69, 9.17) is 0 Å². The second kappa shape index (κ2) is 3.59. The Bertz CT molecular complexity index is 504. The average Bonchev–Trinajstić information content (AvgIpc) is 2.44. The molecule has 1 aliphatic rings. The van der Waals surface area contributed by atoms with Gasteiger partial charge in [-0.15, -0.1) is 0 Å². The monoisotopic (exact) mass is 265 g/mol. The van der Waals surface area contributed by atoms with Crippen molar-refractivity contribution in [2.45, 2.75) is 32.1 Å². The molecule has 0 saturated carbocycles. The molecular weight excluding hydrogens is 254 g/mol. The third kappa shape index (κ3) is 1.57. The molecule has 0 atom stereocenters. The SMILES string of the molecule is Brc1cnc2nc3c(n2c1)CCCCC3. The van der Waals surface area contributed by atoms with E-state index < -0.39 is 0 Å². The largest absolute Gasteiger partial charge is 0.287 e. The predicted octanol–water partition coefficient (Wildman–Crippen LogP) is 2.76. The maximum absolute atomic E-state index is 4.59. The van der Waals surface area contributed by atoms with Gasteiger partial charge < -0.3 is 0 Å². The smallest absolute Gasteiger partial charge is 0.234 e. The number of imidazole rings is 1. The number of nitrogens with zero attached hydrogens (tertiary/aromatic N) is 3. The fourth-order valence-electron chi connectivity index (χ4n) is 2.23. The summed E-state index contributed by atoms with van der Waals surface area (Å²) in [6, 6.07) is 0. The van der Waals surface area contributed by atoms with Crippen LogP contribution < -0.4 is 0 Å². The lowest BCUT2D eigenvalue weighted by Crippen LogP contribution is -1.95. The Hall–Kier alpha value is -0.900. The summed E-state index contributed by atoms with van der Waals surface area (Å²) in [4.78, 5) is 8.91. The number of rotatable bonds is 0. The van der Waals surface area contributed by atoms with Crippen LogP contribution in [0.15, 0.2) is 16.9 Å². The Morgan fingerprint density at radius 1 is 1.20 bits per heavy atom. The second-order valence-corrected chi connectivity index (χ2v) is 4.92. The minimum Gasteiger partial charge on any atom is -0.287 e. The van der Waals surface area contributed by atoms with Crippen LogP contribution in [0.1, 0.15) is 30.7 Å². The third-order valence-corrected chi connectivity index (χ3v) is 3.37. The van der Waals surface area contributed by atoms with Crippen molar-refractivity contribution in [1.82, 2.24) is 14.4 Å². The molecule has 3 nitrogen and oxygen atoms in total. The first-order valence-corrected chi connectivity index (χ1v) is 6.15. The minimum atomic E-state index is 0.838. The molecule has 0 amide bonds. The molecule has 78 valence electrons. The van der Waals surface area contributed by atoms with E-state index in [1.165, 1.54) is 30.7 Å². The van der Waals surface area contributed by atoms with Crippen molar-refractivity contribution >= 4 is 21.7 Å². The van der Waals surface area contributed by atoms with E-state index in [2.05, 4.69) is 36.5 Å². The van der Waals surface area contributed by atoms with Gasteiger partial charge in [-0.25, -0.2) is 9.97 Å². The van der Waals surface area contributed by atoms with Crippen molar-refractivity contribution in [2.75, 3.05) is 0 Å². The Morgan fingerprint density at radius 2 is 2.07 bits per heavy atom. The zero-order valence-corrected chi connectivity index (χ0v) is 10.00. The first-order valence-electron chi connectivity index (χ1n) is 5.36. The van der Waals surface area contributed by atoms with Gasteiger partial charge in [0.15, 0.2) is 0 Å². The Balaban J connectivity index is 2.24. The normalized spacial score (nSPS) is 16.3. The van der Waals surface area contributed by atoms with Crippen LogP contribution in [-0.2, 0) is 12.8 Å². The van der Waals surface area contributed by atoms with Crippen molar-refractivity contribution in [1.29, 1.82) is 0 Å². The molecule has 0 saturated heterocycles. The van der Waals surface area contributed by atoms with Gasteiger partial charge in [-0.2, -0.15) is 0 Å². The van der Waals surface area contributed by atoms with E-state index in [-0.39, 0.29) is 0 Å². The molecule has 3 rings (SSSR count). The van der Waals surface area contributed by atoms with Gasteiger partial charge in [0.25, 0.3) is 0 Å². The molecule has 0 N–H and O–H groups in total. The Morgan fingerprint density at radius 3 is 3.00 bits per heavy atom. The summed E-state index contributed by atoms with van der Waals surface area (Å²) in [5, 5.41) is 0. The maximum atomic E-state index is 4.59. The molecule has 15 heavy (non-hydrogen) atoms. The summed E-state index contributed by atoms with van der Waals surface area (Å²) in [5.74, 6) is 0.838. The summed E-state index contributed by atoms with van der Waals surface area (Å²) >= 11 is 3.45. The quantitative estimate of drug-likeness (QED) is 0.686. The van der Waals surface area contributed by atoms with Gasteiger partial charge in [-0.1, -0.05) is 6.42 Å². The van der Waals surface area contributed by atoms with E-state index in [0.29, 0.717) is 0 Å². The lowest BCUT2D eigenvalue weighted by Gasteiger charge is -2.00. The molecule has 0 spiro atoms. The number of halogens is 1. The summed E-state index contributed by atoms with van der Waals surface area (Å²) in [6.45, 7) is 0. The summed E-state index contributed by atoms with van der Waals surface area (Å²) in [5.41, 5.74) is 2.61. The number of aromatic nitrogens is 3. The standard InChI is InChI=1S/C11H12BrN3/c12-8-6-13-11-14-9-4-2-1-3-5-10(9)15(11)7-8/h6-7H,1-5H2. The van der Waals surface area contributed by atoms with Crippen LogP contribution in [0.4, 0.5) is 0 Å². The molecule has 0 radical (unpaired) electrons. The molecule has 2 aromatic rings. The zero-order chi connectivity index (χ0) is 10.3. The molecule has 0 unspecified atom stereocenters. The van der Waals surface area contributed by atoms with Gasteiger partial charge in [0, 0.05) is 18.1 Å². The van der Waals surface area contributed by atoms with Crippen molar-refractivity contribution in [2.24, 2.45) is 0 Å². The highest BCUT2D eigenvalue weighted by Crippen LogP contribution is 2.22. The van der Waals surface area contributed by atoms with E-state index in [1.54, 1.807) is 0 Å². The molecule has 2 heterocycles. The highest BCUT2D eigenvalue weighted by Gasteiger charge is 2.15. The average molecular weight is 266 g/mol. The van der Waals surface area contributed by atoms with Crippen LogP contribution >= 0.6 is 15.9 Å². The highest BCUT2D eigenvalue weighted by molar-refractivity contribution is 9.10.